The van der Waals surface area contributed by atoms with Gasteiger partial charge in [-0.25, -0.2) is 15.0 Å². The van der Waals surface area contributed by atoms with Crippen LogP contribution in [-0.2, 0) is 22.4 Å². The minimum absolute atomic E-state index is 0.00962. The molecule has 1 fully saturated rings. The Bertz CT molecular complexity index is 1120. The lowest BCUT2D eigenvalue weighted by atomic mass is 10.1. The molecule has 1 N–H and O–H groups in total. The smallest absolute Gasteiger partial charge is 0.192 e. The third kappa shape index (κ3) is 5.00. The van der Waals surface area contributed by atoms with Gasteiger partial charge in [-0.2, -0.15) is 0 Å². The highest BCUT2D eigenvalue weighted by Gasteiger charge is 2.38. The first-order valence-corrected chi connectivity index (χ1v) is 14.8. The average Bonchev–Trinajstić information content (AvgIpc) is 3.17. The minimum Gasteiger partial charge on any atom is -0.409 e. The van der Waals surface area contributed by atoms with Crippen molar-refractivity contribution < 1.29 is 14.3 Å². The van der Waals surface area contributed by atoms with Crippen molar-refractivity contribution in [2.75, 3.05) is 6.61 Å². The average molecular weight is 489 g/mol. The summed E-state index contributed by atoms with van der Waals surface area (Å²) < 4.78 is 14.7. The highest BCUT2D eigenvalue weighted by Crippen LogP contribution is 2.38. The second-order valence-corrected chi connectivity index (χ2v) is 15.3. The Labute approximate surface area is 201 Å². The maximum Gasteiger partial charge on any atom is 0.192 e. The number of hydrogen-bond acceptors (Lipinski definition) is 6. The largest absolute Gasteiger partial charge is 0.409 e. The van der Waals surface area contributed by atoms with Crippen LogP contribution in [0.5, 0.6) is 0 Å². The molecule has 0 aliphatic carbocycles. The van der Waals surface area contributed by atoms with Crippen molar-refractivity contribution in [2.45, 2.75) is 77.6 Å². The zero-order chi connectivity index (χ0) is 23.8. The summed E-state index contributed by atoms with van der Waals surface area (Å²) in [6, 6.07) is 7.50. The van der Waals surface area contributed by atoms with Crippen LogP contribution in [0, 0.1) is 0 Å². The van der Waals surface area contributed by atoms with Gasteiger partial charge >= 0.3 is 0 Å². The fraction of sp³-hybridized carbons (Fsp3) is 0.542. The fourth-order valence-electron chi connectivity index (χ4n) is 3.67. The normalized spacial score (nSPS) is 17.6. The second-order valence-electron chi connectivity index (χ2n) is 10.1. The van der Waals surface area contributed by atoms with E-state index in [2.05, 4.69) is 43.4 Å². The third-order valence-electron chi connectivity index (χ3n) is 6.78. The van der Waals surface area contributed by atoms with Crippen molar-refractivity contribution in [1.82, 2.24) is 19.5 Å². The van der Waals surface area contributed by atoms with Gasteiger partial charge in [0.05, 0.1) is 13.2 Å². The van der Waals surface area contributed by atoms with Crippen LogP contribution in [0.25, 0.3) is 22.6 Å². The van der Waals surface area contributed by atoms with Crippen LogP contribution < -0.4 is 0 Å². The van der Waals surface area contributed by atoms with E-state index in [0.717, 1.165) is 36.2 Å². The van der Waals surface area contributed by atoms with Crippen LogP contribution in [0.3, 0.4) is 0 Å². The molecule has 1 aliphatic heterocycles. The SMILES string of the molecule is CC(C)(C)[Si](C)(C)OCc1nc2c(Cl)nc(-c3ccc(CO)cc3)nc2n1C1CCCCO1. The molecular weight excluding hydrogens is 456 g/mol. The van der Waals surface area contributed by atoms with E-state index in [-0.39, 0.29) is 17.9 Å². The van der Waals surface area contributed by atoms with E-state index in [9.17, 15) is 5.11 Å². The van der Waals surface area contributed by atoms with Crippen molar-refractivity contribution in [3.63, 3.8) is 0 Å². The molecule has 9 heteroatoms. The molecule has 1 unspecified atom stereocenters. The van der Waals surface area contributed by atoms with E-state index < -0.39 is 8.32 Å². The Morgan fingerprint density at radius 3 is 2.48 bits per heavy atom. The molecule has 1 aromatic carbocycles. The van der Waals surface area contributed by atoms with Crippen molar-refractivity contribution in [2.24, 2.45) is 0 Å². The molecule has 0 bridgehead atoms. The van der Waals surface area contributed by atoms with Gasteiger partial charge in [0, 0.05) is 12.2 Å². The van der Waals surface area contributed by atoms with Gasteiger partial charge in [0.15, 0.2) is 24.9 Å². The summed E-state index contributed by atoms with van der Waals surface area (Å²) >= 11 is 6.62. The number of benzene rings is 1. The zero-order valence-corrected chi connectivity index (χ0v) is 21.8. The van der Waals surface area contributed by atoms with E-state index in [0.29, 0.717) is 35.4 Å². The van der Waals surface area contributed by atoms with Gasteiger partial charge in [-0.1, -0.05) is 56.6 Å². The number of aromatic nitrogens is 4. The number of rotatable bonds is 6. The van der Waals surface area contributed by atoms with Crippen LogP contribution in [0.4, 0.5) is 0 Å². The molecule has 1 aliphatic rings. The Balaban J connectivity index is 1.79. The predicted octanol–water partition coefficient (Wildman–Crippen LogP) is 5.86. The molecule has 0 saturated carbocycles. The Hall–Kier alpha value is -1.84. The number of hydrogen-bond donors (Lipinski definition) is 1. The predicted molar refractivity (Wildman–Crippen MR) is 133 cm³/mol. The quantitative estimate of drug-likeness (QED) is 0.345. The van der Waals surface area contributed by atoms with Gasteiger partial charge in [0.25, 0.3) is 0 Å². The van der Waals surface area contributed by atoms with Gasteiger partial charge in [0.2, 0.25) is 0 Å². The molecule has 4 rings (SSSR count). The van der Waals surface area contributed by atoms with E-state index in [4.69, 9.17) is 30.7 Å². The summed E-state index contributed by atoms with van der Waals surface area (Å²) in [5.74, 6) is 1.29. The molecule has 7 nitrogen and oxygen atoms in total. The molecule has 3 heterocycles. The fourth-order valence-corrected chi connectivity index (χ4v) is 4.80. The highest BCUT2D eigenvalue weighted by molar-refractivity contribution is 6.74. The van der Waals surface area contributed by atoms with E-state index >= 15 is 0 Å². The standard InChI is InChI=1S/C24H33ClN4O3Si/c1-24(2,3)33(4,5)32-15-18-26-20-21(25)27-22(17-11-9-16(14-30)10-12-17)28-23(20)29(18)19-8-6-7-13-31-19/h9-12,19,30H,6-8,13-15H2,1-5H3. The first-order valence-electron chi connectivity index (χ1n) is 11.5. The molecule has 0 radical (unpaired) electrons. The summed E-state index contributed by atoms with van der Waals surface area (Å²) in [5.41, 5.74) is 2.89. The molecule has 0 spiro atoms. The van der Waals surface area contributed by atoms with Gasteiger partial charge < -0.3 is 14.3 Å². The molecule has 1 atom stereocenters. The van der Waals surface area contributed by atoms with Gasteiger partial charge in [-0.05, 0) is 43.0 Å². The first-order chi connectivity index (χ1) is 15.6. The molecule has 3 aromatic rings. The Kier molecular flexibility index (Phi) is 6.94. The van der Waals surface area contributed by atoms with Crippen molar-refractivity contribution in [3.05, 3.63) is 40.8 Å². The van der Waals surface area contributed by atoms with Crippen LogP contribution in [-0.4, -0.2) is 39.5 Å². The summed E-state index contributed by atoms with van der Waals surface area (Å²) in [4.78, 5) is 14.2. The number of aliphatic hydroxyl groups is 1. The summed E-state index contributed by atoms with van der Waals surface area (Å²) in [6.45, 7) is 12.2. The second kappa shape index (κ2) is 9.42. The number of halogens is 1. The molecule has 33 heavy (non-hydrogen) atoms. The monoisotopic (exact) mass is 488 g/mol. The number of fused-ring (bicyclic) bond motifs is 1. The summed E-state index contributed by atoms with van der Waals surface area (Å²) in [5, 5.41) is 9.74. The lowest BCUT2D eigenvalue weighted by Crippen LogP contribution is -2.40. The van der Waals surface area contributed by atoms with E-state index in [1.807, 2.05) is 24.3 Å². The first kappa shape index (κ1) is 24.3. The zero-order valence-electron chi connectivity index (χ0n) is 20.1. The molecular formula is C24H33ClN4O3Si. The van der Waals surface area contributed by atoms with Crippen LogP contribution in [0.2, 0.25) is 23.3 Å². The molecule has 2 aromatic heterocycles. The van der Waals surface area contributed by atoms with Gasteiger partial charge in [-0.3, -0.25) is 4.57 Å². The highest BCUT2D eigenvalue weighted by atomic mass is 35.5. The minimum atomic E-state index is -1.98. The number of aliphatic hydroxyl groups excluding tert-OH is 1. The van der Waals surface area contributed by atoms with Gasteiger partial charge in [-0.15, -0.1) is 0 Å². The Morgan fingerprint density at radius 1 is 1.15 bits per heavy atom. The van der Waals surface area contributed by atoms with Crippen molar-refractivity contribution >= 4 is 31.1 Å². The van der Waals surface area contributed by atoms with Gasteiger partial charge in [0.1, 0.15) is 17.6 Å². The maximum atomic E-state index is 9.34. The summed E-state index contributed by atoms with van der Waals surface area (Å²) in [7, 11) is -1.98. The maximum absolute atomic E-state index is 9.34. The Morgan fingerprint density at radius 2 is 1.88 bits per heavy atom. The molecule has 1 saturated heterocycles. The molecule has 178 valence electrons. The van der Waals surface area contributed by atoms with Crippen LogP contribution >= 0.6 is 11.6 Å². The lowest BCUT2D eigenvalue weighted by Gasteiger charge is -2.36. The molecule has 0 amide bonds. The lowest BCUT2D eigenvalue weighted by molar-refractivity contribution is -0.0327. The summed E-state index contributed by atoms with van der Waals surface area (Å²) in [6.07, 6.45) is 2.87. The van der Waals surface area contributed by atoms with Crippen molar-refractivity contribution in [1.29, 1.82) is 0 Å². The number of ether oxygens (including phenoxy) is 1. The number of nitrogens with zero attached hydrogens (tertiary/aromatic N) is 4. The van der Waals surface area contributed by atoms with Crippen molar-refractivity contribution in [3.8, 4) is 11.4 Å². The number of imidazole rings is 1. The topological polar surface area (TPSA) is 82.3 Å². The van der Waals surface area contributed by atoms with E-state index in [1.54, 1.807) is 0 Å². The third-order valence-corrected chi connectivity index (χ3v) is 11.5. The van der Waals surface area contributed by atoms with E-state index in [1.165, 1.54) is 0 Å². The van der Waals surface area contributed by atoms with Crippen LogP contribution in [0.15, 0.2) is 24.3 Å². The van der Waals surface area contributed by atoms with Crippen LogP contribution in [0.1, 0.15) is 57.6 Å².